The van der Waals surface area contributed by atoms with Gasteiger partial charge in [-0.25, -0.2) is 10.2 Å². The van der Waals surface area contributed by atoms with Gasteiger partial charge in [0.1, 0.15) is 17.5 Å². The summed E-state index contributed by atoms with van der Waals surface area (Å²) in [6, 6.07) is 6.43. The van der Waals surface area contributed by atoms with Crippen molar-refractivity contribution in [2.45, 2.75) is 13.3 Å². The predicted octanol–water partition coefficient (Wildman–Crippen LogP) is 1.45. The summed E-state index contributed by atoms with van der Waals surface area (Å²) in [4.78, 5) is 7.94. The van der Waals surface area contributed by atoms with Gasteiger partial charge in [0.15, 0.2) is 0 Å². The molecule has 1 aromatic carbocycles. The maximum absolute atomic E-state index is 13.0. The molecule has 106 valence electrons. The molecule has 0 saturated carbocycles. The first-order chi connectivity index (χ1) is 9.58. The number of aromatic nitrogens is 2. The van der Waals surface area contributed by atoms with Crippen molar-refractivity contribution in [3.63, 3.8) is 0 Å². The lowest BCUT2D eigenvalue weighted by Gasteiger charge is -2.09. The smallest absolute Gasteiger partial charge is 0.223 e. The van der Waals surface area contributed by atoms with Crippen LogP contribution in [-0.2, 0) is 6.42 Å². The Morgan fingerprint density at radius 3 is 2.65 bits per heavy atom. The quantitative estimate of drug-likeness (QED) is 0.487. The Kier molecular flexibility index (Phi) is 4.31. The van der Waals surface area contributed by atoms with Gasteiger partial charge < -0.3 is 16.5 Å². The van der Waals surface area contributed by atoms with E-state index in [1.165, 1.54) is 12.1 Å². The van der Waals surface area contributed by atoms with E-state index in [0.717, 1.165) is 17.5 Å². The summed E-state index contributed by atoms with van der Waals surface area (Å²) in [5, 5.41) is 3.13. The van der Waals surface area contributed by atoms with Gasteiger partial charge in [-0.2, -0.15) is 9.97 Å². The van der Waals surface area contributed by atoms with Crippen LogP contribution in [0.4, 0.5) is 22.0 Å². The Balaban J connectivity index is 1.97. The largest absolute Gasteiger partial charge is 0.370 e. The fourth-order valence-corrected chi connectivity index (χ4v) is 1.90. The Hall–Kier alpha value is -2.41. The van der Waals surface area contributed by atoms with Crippen LogP contribution in [0.15, 0.2) is 24.3 Å². The van der Waals surface area contributed by atoms with Gasteiger partial charge in [0.05, 0.1) is 0 Å². The molecule has 0 atom stereocenters. The van der Waals surface area contributed by atoms with Crippen molar-refractivity contribution in [3.8, 4) is 0 Å². The highest BCUT2D eigenvalue weighted by Gasteiger charge is 2.03. The van der Waals surface area contributed by atoms with E-state index >= 15 is 0 Å². The molecule has 0 aliphatic rings. The number of benzene rings is 1. The van der Waals surface area contributed by atoms with Crippen LogP contribution in [0.1, 0.15) is 11.1 Å². The molecule has 6 N–H and O–H groups in total. The number of nitrogens with zero attached hydrogens (tertiary/aromatic N) is 2. The summed E-state index contributed by atoms with van der Waals surface area (Å²) in [5.41, 5.74) is 9.99. The second-order valence-electron chi connectivity index (χ2n) is 4.39. The second-order valence-corrected chi connectivity index (χ2v) is 4.39. The van der Waals surface area contributed by atoms with Crippen molar-refractivity contribution >= 4 is 17.6 Å². The van der Waals surface area contributed by atoms with E-state index in [-0.39, 0.29) is 11.8 Å². The highest BCUT2D eigenvalue weighted by Crippen LogP contribution is 2.13. The lowest BCUT2D eigenvalue weighted by atomic mass is 10.1. The van der Waals surface area contributed by atoms with Crippen molar-refractivity contribution in [2.24, 2.45) is 5.84 Å². The van der Waals surface area contributed by atoms with Crippen LogP contribution in [0.5, 0.6) is 0 Å². The molecule has 20 heavy (non-hydrogen) atoms. The van der Waals surface area contributed by atoms with Gasteiger partial charge in [-0.15, -0.1) is 0 Å². The Morgan fingerprint density at radius 1 is 1.20 bits per heavy atom. The van der Waals surface area contributed by atoms with E-state index in [9.17, 15) is 4.39 Å². The lowest BCUT2D eigenvalue weighted by Crippen LogP contribution is -2.13. The van der Waals surface area contributed by atoms with Gasteiger partial charge in [0.25, 0.3) is 0 Å². The average molecular weight is 276 g/mol. The molecular weight excluding hydrogens is 259 g/mol. The van der Waals surface area contributed by atoms with Crippen molar-refractivity contribution in [1.29, 1.82) is 0 Å². The molecule has 6 nitrogen and oxygen atoms in total. The van der Waals surface area contributed by atoms with E-state index in [1.54, 1.807) is 12.1 Å². The molecule has 0 spiro atoms. The zero-order chi connectivity index (χ0) is 14.5. The van der Waals surface area contributed by atoms with Crippen LogP contribution in [0.2, 0.25) is 0 Å². The van der Waals surface area contributed by atoms with Crippen LogP contribution in [0.25, 0.3) is 0 Å². The minimum atomic E-state index is -0.221. The molecule has 0 fully saturated rings. The maximum atomic E-state index is 13.0. The fourth-order valence-electron chi connectivity index (χ4n) is 1.90. The number of hydrazine groups is 1. The van der Waals surface area contributed by atoms with Gasteiger partial charge in [0.2, 0.25) is 5.95 Å². The summed E-state index contributed by atoms with van der Waals surface area (Å²) in [7, 11) is 0. The molecule has 0 unspecified atom stereocenters. The molecular formula is C13H17FN6. The summed E-state index contributed by atoms with van der Waals surface area (Å²) in [5.74, 6) is 6.23. The van der Waals surface area contributed by atoms with Gasteiger partial charge >= 0.3 is 0 Å². The van der Waals surface area contributed by atoms with Crippen molar-refractivity contribution < 1.29 is 4.39 Å². The SMILES string of the molecule is Cc1cc(F)ccc1CCNc1cc(NN)nc(N)n1. The molecule has 1 heterocycles. The van der Waals surface area contributed by atoms with Gasteiger partial charge in [-0.3, -0.25) is 0 Å². The topological polar surface area (TPSA) is 102 Å². The summed E-state index contributed by atoms with van der Waals surface area (Å²) >= 11 is 0. The van der Waals surface area contributed by atoms with E-state index in [4.69, 9.17) is 11.6 Å². The first-order valence-electron chi connectivity index (χ1n) is 6.18. The number of hydrogen-bond donors (Lipinski definition) is 4. The molecule has 0 amide bonds. The minimum Gasteiger partial charge on any atom is -0.370 e. The third-order valence-electron chi connectivity index (χ3n) is 2.90. The predicted molar refractivity (Wildman–Crippen MR) is 77.6 cm³/mol. The van der Waals surface area contributed by atoms with Gasteiger partial charge in [-0.1, -0.05) is 6.07 Å². The number of hydrogen-bond acceptors (Lipinski definition) is 6. The normalized spacial score (nSPS) is 10.3. The average Bonchev–Trinajstić information content (AvgIpc) is 2.40. The standard InChI is InChI=1S/C13H17FN6/c1-8-6-10(14)3-2-9(8)4-5-17-11-7-12(20-16)19-13(15)18-11/h2-3,6-7H,4-5,16H2,1H3,(H4,15,17,18,19,20). The first kappa shape index (κ1) is 14.0. The van der Waals surface area contributed by atoms with Crippen LogP contribution in [0, 0.1) is 12.7 Å². The van der Waals surface area contributed by atoms with Crippen molar-refractivity contribution in [1.82, 2.24) is 9.97 Å². The zero-order valence-electron chi connectivity index (χ0n) is 11.2. The molecule has 0 saturated heterocycles. The minimum absolute atomic E-state index is 0.140. The van der Waals surface area contributed by atoms with Gasteiger partial charge in [-0.05, 0) is 36.6 Å². The molecule has 0 aliphatic carbocycles. The Morgan fingerprint density at radius 2 is 1.95 bits per heavy atom. The summed E-state index contributed by atoms with van der Waals surface area (Å²) < 4.78 is 13.0. The third-order valence-corrected chi connectivity index (χ3v) is 2.90. The highest BCUT2D eigenvalue weighted by molar-refractivity contribution is 5.50. The van der Waals surface area contributed by atoms with E-state index in [2.05, 4.69) is 20.7 Å². The molecule has 2 rings (SSSR count). The second kappa shape index (κ2) is 6.16. The maximum Gasteiger partial charge on any atom is 0.223 e. The number of nitrogens with two attached hydrogens (primary N) is 2. The third kappa shape index (κ3) is 3.55. The molecule has 2 aromatic rings. The summed E-state index contributed by atoms with van der Waals surface area (Å²) in [6.07, 6.45) is 0.751. The number of rotatable bonds is 5. The number of halogens is 1. The molecule has 1 aromatic heterocycles. The van der Waals surface area contributed by atoms with Crippen LogP contribution in [-0.4, -0.2) is 16.5 Å². The Labute approximate surface area is 116 Å². The molecule has 0 aliphatic heterocycles. The van der Waals surface area contributed by atoms with Crippen LogP contribution in [0.3, 0.4) is 0 Å². The number of nitrogen functional groups attached to an aromatic ring is 2. The lowest BCUT2D eigenvalue weighted by molar-refractivity contribution is 0.625. The number of anilines is 3. The summed E-state index contributed by atoms with van der Waals surface area (Å²) in [6.45, 7) is 2.53. The Bertz CT molecular complexity index is 601. The fraction of sp³-hybridized carbons (Fsp3) is 0.231. The molecule has 7 heteroatoms. The molecule has 0 bridgehead atoms. The van der Waals surface area contributed by atoms with Crippen molar-refractivity contribution in [3.05, 3.63) is 41.2 Å². The van der Waals surface area contributed by atoms with Gasteiger partial charge in [0, 0.05) is 12.6 Å². The highest BCUT2D eigenvalue weighted by atomic mass is 19.1. The van der Waals surface area contributed by atoms with Crippen LogP contribution < -0.4 is 22.3 Å². The number of aryl methyl sites for hydroxylation is 1. The monoisotopic (exact) mass is 276 g/mol. The zero-order valence-corrected chi connectivity index (χ0v) is 11.2. The van der Waals surface area contributed by atoms with Crippen molar-refractivity contribution in [2.75, 3.05) is 23.0 Å². The number of nitrogens with one attached hydrogen (secondary N) is 2. The van der Waals surface area contributed by atoms with Crippen LogP contribution >= 0.6 is 0 Å². The molecule has 0 radical (unpaired) electrons. The van der Waals surface area contributed by atoms with E-state index < -0.39 is 0 Å². The first-order valence-corrected chi connectivity index (χ1v) is 6.18. The van der Waals surface area contributed by atoms with E-state index in [1.807, 2.05) is 6.92 Å². The van der Waals surface area contributed by atoms with E-state index in [0.29, 0.717) is 18.2 Å².